The van der Waals surface area contributed by atoms with Gasteiger partial charge in [-0.3, -0.25) is 14.9 Å². The van der Waals surface area contributed by atoms with Crippen molar-refractivity contribution in [1.82, 2.24) is 5.43 Å². The number of nitrogens with zero attached hydrogens (tertiary/aromatic N) is 2. The van der Waals surface area contributed by atoms with Crippen LogP contribution in [0.15, 0.2) is 46.0 Å². The number of hydrogen-bond donors (Lipinski definition) is 1. The lowest BCUT2D eigenvalue weighted by atomic mass is 10.2. The Balaban J connectivity index is 1.92. The largest absolute Gasteiger partial charge is 0.872 e. The van der Waals surface area contributed by atoms with Crippen molar-refractivity contribution >= 4 is 45.3 Å². The zero-order chi connectivity index (χ0) is 18.4. The number of carbonyl (C=O) groups excluding carboxylic acids is 1. The molecule has 0 aliphatic rings. The predicted molar refractivity (Wildman–Crippen MR) is 92.9 cm³/mol. The SMILES string of the molecule is O=C(COc1ccc(Cl)cc1Br)N/N=C\c1cc([N+](=O)[O-])ccc1[O-]. The Morgan fingerprint density at radius 1 is 1.36 bits per heavy atom. The smallest absolute Gasteiger partial charge is 0.277 e. The molecule has 2 rings (SSSR count). The molecular weight excluding hydrogens is 418 g/mol. The van der Waals surface area contributed by atoms with Crippen molar-refractivity contribution in [1.29, 1.82) is 0 Å². The summed E-state index contributed by atoms with van der Waals surface area (Å²) < 4.78 is 5.88. The van der Waals surface area contributed by atoms with Gasteiger partial charge in [-0.2, -0.15) is 5.10 Å². The maximum absolute atomic E-state index is 11.7. The average Bonchev–Trinajstić information content (AvgIpc) is 2.55. The first-order chi connectivity index (χ1) is 11.9. The van der Waals surface area contributed by atoms with Crippen LogP contribution in [0.25, 0.3) is 0 Å². The third kappa shape index (κ3) is 5.44. The van der Waals surface area contributed by atoms with E-state index >= 15 is 0 Å². The number of ether oxygens (including phenoxy) is 1. The van der Waals surface area contributed by atoms with Crippen molar-refractivity contribution in [2.45, 2.75) is 0 Å². The summed E-state index contributed by atoms with van der Waals surface area (Å²) >= 11 is 9.04. The molecule has 0 atom stereocenters. The lowest BCUT2D eigenvalue weighted by Crippen LogP contribution is -2.24. The van der Waals surface area contributed by atoms with Gasteiger partial charge < -0.3 is 9.84 Å². The number of hydrogen-bond acceptors (Lipinski definition) is 6. The summed E-state index contributed by atoms with van der Waals surface area (Å²) in [6.45, 7) is -0.323. The molecule has 1 amide bonds. The van der Waals surface area contributed by atoms with E-state index in [1.165, 1.54) is 0 Å². The number of halogens is 2. The topological polar surface area (TPSA) is 117 Å². The second-order valence-electron chi connectivity index (χ2n) is 4.64. The quantitative estimate of drug-likeness (QED) is 0.432. The van der Waals surface area contributed by atoms with E-state index in [0.717, 1.165) is 24.4 Å². The van der Waals surface area contributed by atoms with Crippen molar-refractivity contribution in [3.8, 4) is 11.5 Å². The highest BCUT2D eigenvalue weighted by Gasteiger charge is 2.07. The molecule has 0 saturated carbocycles. The van der Waals surface area contributed by atoms with Crippen molar-refractivity contribution in [3.63, 3.8) is 0 Å². The molecular formula is C15H10BrClN3O5-. The fourth-order valence-electron chi connectivity index (χ4n) is 1.69. The first-order valence-corrected chi connectivity index (χ1v) is 7.89. The highest BCUT2D eigenvalue weighted by Crippen LogP contribution is 2.27. The standard InChI is InChI=1S/C15H11BrClN3O5/c16-12-6-10(17)1-4-14(12)25-8-15(22)19-18-7-9-5-11(20(23)24)2-3-13(9)21/h1-7,21H,8H2,(H,19,22)/p-1/b18-7-. The molecule has 0 spiro atoms. The minimum absolute atomic E-state index is 0.0177. The van der Waals surface area contributed by atoms with E-state index < -0.39 is 16.6 Å². The fourth-order valence-corrected chi connectivity index (χ4v) is 2.49. The Morgan fingerprint density at radius 3 is 2.80 bits per heavy atom. The number of amides is 1. The molecule has 0 saturated heterocycles. The van der Waals surface area contributed by atoms with Gasteiger partial charge in [-0.25, -0.2) is 5.43 Å². The molecule has 2 aromatic rings. The van der Waals surface area contributed by atoms with Gasteiger partial charge in [0.05, 0.1) is 15.6 Å². The molecule has 0 aliphatic carbocycles. The van der Waals surface area contributed by atoms with Crippen LogP contribution in [0.2, 0.25) is 5.02 Å². The Bertz CT molecular complexity index is 844. The summed E-state index contributed by atoms with van der Waals surface area (Å²) in [5.41, 5.74) is 1.90. The average molecular weight is 428 g/mol. The van der Waals surface area contributed by atoms with Crippen LogP contribution < -0.4 is 15.3 Å². The fraction of sp³-hybridized carbons (Fsp3) is 0.0667. The lowest BCUT2D eigenvalue weighted by molar-refractivity contribution is -0.385. The number of rotatable bonds is 6. The van der Waals surface area contributed by atoms with Gasteiger partial charge in [0, 0.05) is 17.2 Å². The van der Waals surface area contributed by atoms with Crippen LogP contribution >= 0.6 is 27.5 Å². The van der Waals surface area contributed by atoms with E-state index in [1.807, 2.05) is 0 Å². The first-order valence-electron chi connectivity index (χ1n) is 6.72. The molecule has 130 valence electrons. The van der Waals surface area contributed by atoms with Crippen molar-refractivity contribution in [2.24, 2.45) is 5.10 Å². The second kappa shape index (κ2) is 8.45. The maximum atomic E-state index is 11.7. The van der Waals surface area contributed by atoms with E-state index in [2.05, 4.69) is 26.5 Å². The number of nitro groups is 1. The Hall–Kier alpha value is -2.65. The van der Waals surface area contributed by atoms with Crippen molar-refractivity contribution in [2.75, 3.05) is 6.61 Å². The number of non-ortho nitro benzene ring substituents is 1. The molecule has 10 heteroatoms. The number of benzene rings is 2. The monoisotopic (exact) mass is 426 g/mol. The lowest BCUT2D eigenvalue weighted by Gasteiger charge is -2.09. The molecule has 2 aromatic carbocycles. The van der Waals surface area contributed by atoms with Gasteiger partial charge >= 0.3 is 0 Å². The highest BCUT2D eigenvalue weighted by atomic mass is 79.9. The van der Waals surface area contributed by atoms with Gasteiger partial charge in [0.25, 0.3) is 11.6 Å². The minimum atomic E-state index is -0.632. The van der Waals surface area contributed by atoms with Gasteiger partial charge in [-0.15, -0.1) is 0 Å². The zero-order valence-corrected chi connectivity index (χ0v) is 14.8. The van der Waals surface area contributed by atoms with E-state index in [1.54, 1.807) is 18.2 Å². The molecule has 0 unspecified atom stereocenters. The normalized spacial score (nSPS) is 10.6. The van der Waals surface area contributed by atoms with Crippen molar-refractivity contribution < 1.29 is 19.6 Å². The Kier molecular flexibility index (Phi) is 6.31. The molecule has 0 heterocycles. The van der Waals surface area contributed by atoms with Crippen LogP contribution in [0.5, 0.6) is 11.5 Å². The zero-order valence-electron chi connectivity index (χ0n) is 12.4. The number of nitro benzene ring substituents is 1. The molecule has 0 aromatic heterocycles. The van der Waals surface area contributed by atoms with Crippen LogP contribution in [0.4, 0.5) is 5.69 Å². The molecule has 8 nitrogen and oxygen atoms in total. The van der Waals surface area contributed by atoms with E-state index in [4.69, 9.17) is 16.3 Å². The summed E-state index contributed by atoms with van der Waals surface area (Å²) in [7, 11) is 0. The van der Waals surface area contributed by atoms with E-state index in [0.29, 0.717) is 15.2 Å². The Morgan fingerprint density at radius 2 is 2.12 bits per heavy atom. The van der Waals surface area contributed by atoms with E-state index in [-0.39, 0.29) is 17.9 Å². The maximum Gasteiger partial charge on any atom is 0.277 e. The molecule has 1 N–H and O–H groups in total. The van der Waals surface area contributed by atoms with E-state index in [9.17, 15) is 20.0 Å². The van der Waals surface area contributed by atoms with Gasteiger partial charge in [-0.05, 0) is 39.7 Å². The third-order valence-corrected chi connectivity index (χ3v) is 3.70. The van der Waals surface area contributed by atoms with Crippen LogP contribution in [-0.4, -0.2) is 23.7 Å². The summed E-state index contributed by atoms with van der Waals surface area (Å²) in [5.74, 6) is -0.606. The Labute approximate surface area is 155 Å². The highest BCUT2D eigenvalue weighted by molar-refractivity contribution is 9.10. The summed E-state index contributed by atoms with van der Waals surface area (Å²) in [5, 5.41) is 26.4. The first kappa shape index (κ1) is 18.7. The van der Waals surface area contributed by atoms with Gasteiger partial charge in [0.15, 0.2) is 6.61 Å². The molecule has 0 radical (unpaired) electrons. The van der Waals surface area contributed by atoms with Gasteiger partial charge in [0.2, 0.25) is 0 Å². The number of nitrogens with one attached hydrogen (secondary N) is 1. The summed E-state index contributed by atoms with van der Waals surface area (Å²) in [6.07, 6.45) is 1.03. The third-order valence-electron chi connectivity index (χ3n) is 2.85. The van der Waals surface area contributed by atoms with Gasteiger partial charge in [-0.1, -0.05) is 23.4 Å². The predicted octanol–water partition coefficient (Wildman–Crippen LogP) is 2.61. The molecule has 0 bridgehead atoms. The number of carbonyl (C=O) groups is 1. The van der Waals surface area contributed by atoms with Crippen LogP contribution in [0.1, 0.15) is 5.56 Å². The van der Waals surface area contributed by atoms with Gasteiger partial charge in [0.1, 0.15) is 5.75 Å². The molecule has 0 aliphatic heterocycles. The number of hydrazone groups is 1. The van der Waals surface area contributed by atoms with Crippen LogP contribution in [0.3, 0.4) is 0 Å². The molecule has 0 fully saturated rings. The summed E-state index contributed by atoms with van der Waals surface area (Å²) in [6, 6.07) is 8.04. The molecule has 25 heavy (non-hydrogen) atoms. The minimum Gasteiger partial charge on any atom is -0.872 e. The summed E-state index contributed by atoms with van der Waals surface area (Å²) in [4.78, 5) is 21.7. The van der Waals surface area contributed by atoms with Crippen LogP contribution in [-0.2, 0) is 4.79 Å². The second-order valence-corrected chi connectivity index (χ2v) is 5.93. The van der Waals surface area contributed by atoms with Crippen molar-refractivity contribution in [3.05, 3.63) is 61.6 Å². The van der Waals surface area contributed by atoms with Crippen LogP contribution in [0, 0.1) is 10.1 Å².